The van der Waals surface area contributed by atoms with E-state index in [-0.39, 0.29) is 0 Å². The van der Waals surface area contributed by atoms with E-state index < -0.39 is 0 Å². The molecule has 2 unspecified atom stereocenters. The van der Waals surface area contributed by atoms with Gasteiger partial charge in [-0.2, -0.15) is 0 Å². The molecule has 2 fully saturated rings. The molecule has 0 aliphatic carbocycles. The fourth-order valence-electron chi connectivity index (χ4n) is 2.48. The minimum Gasteiger partial charge on any atom is -0.411 e. The third-order valence-electron chi connectivity index (χ3n) is 3.17. The van der Waals surface area contributed by atoms with Crippen molar-refractivity contribution in [3.63, 3.8) is 0 Å². The van der Waals surface area contributed by atoms with Gasteiger partial charge in [-0.25, -0.2) is 0 Å². The Morgan fingerprint density at radius 1 is 1.53 bits per heavy atom. The Hall–Kier alpha value is -0.870. The lowest BCUT2D eigenvalue weighted by Gasteiger charge is -2.26. The van der Waals surface area contributed by atoms with Crippen LogP contribution in [0.15, 0.2) is 17.8 Å². The largest absolute Gasteiger partial charge is 0.411 e. The summed E-state index contributed by atoms with van der Waals surface area (Å²) >= 11 is 0. The van der Waals surface area contributed by atoms with Crippen LogP contribution in [0.3, 0.4) is 0 Å². The van der Waals surface area contributed by atoms with E-state index in [0.717, 1.165) is 44.9 Å². The maximum absolute atomic E-state index is 8.90. The van der Waals surface area contributed by atoms with Gasteiger partial charge < -0.3 is 9.94 Å². The second-order valence-corrected chi connectivity index (χ2v) is 4.37. The third kappa shape index (κ3) is 2.38. The zero-order valence-electron chi connectivity index (χ0n) is 8.93. The van der Waals surface area contributed by atoms with E-state index in [2.05, 4.69) is 16.6 Å². The Morgan fingerprint density at radius 2 is 2.40 bits per heavy atom. The average molecular weight is 210 g/mol. The molecule has 2 aliphatic heterocycles. The van der Waals surface area contributed by atoms with E-state index in [4.69, 9.17) is 9.94 Å². The Balaban J connectivity index is 2.15. The van der Waals surface area contributed by atoms with Gasteiger partial charge in [0.15, 0.2) is 0 Å². The summed E-state index contributed by atoms with van der Waals surface area (Å²) in [4.78, 5) is 2.38. The van der Waals surface area contributed by atoms with Gasteiger partial charge in [0.2, 0.25) is 0 Å². The molecule has 4 heteroatoms. The van der Waals surface area contributed by atoms with E-state index in [1.165, 1.54) is 0 Å². The van der Waals surface area contributed by atoms with Crippen LogP contribution in [-0.4, -0.2) is 48.2 Å². The van der Waals surface area contributed by atoms with Crippen LogP contribution in [-0.2, 0) is 4.74 Å². The summed E-state index contributed by atoms with van der Waals surface area (Å²) < 4.78 is 5.62. The molecule has 84 valence electrons. The summed E-state index contributed by atoms with van der Waals surface area (Å²) in [5.74, 6) is 0.461. The van der Waals surface area contributed by atoms with Crippen LogP contribution in [0.1, 0.15) is 12.8 Å². The van der Waals surface area contributed by atoms with E-state index in [1.807, 2.05) is 6.08 Å². The maximum Gasteiger partial charge on any atom is 0.0625 e. The number of rotatable bonds is 2. The van der Waals surface area contributed by atoms with Crippen LogP contribution in [0.4, 0.5) is 0 Å². The van der Waals surface area contributed by atoms with Crippen molar-refractivity contribution in [2.75, 3.05) is 26.3 Å². The smallest absolute Gasteiger partial charge is 0.0625 e. The van der Waals surface area contributed by atoms with Gasteiger partial charge in [0.25, 0.3) is 0 Å². The number of ether oxygens (including phenoxy) is 1. The molecule has 15 heavy (non-hydrogen) atoms. The average Bonchev–Trinajstić information content (AvgIpc) is 2.47. The van der Waals surface area contributed by atoms with Crippen molar-refractivity contribution in [3.05, 3.63) is 12.7 Å². The number of fused-ring (bicyclic) bond motifs is 3. The molecule has 0 saturated carbocycles. The number of hydrogen-bond donors (Lipinski definition) is 1. The van der Waals surface area contributed by atoms with E-state index in [0.29, 0.717) is 12.0 Å². The lowest BCUT2D eigenvalue weighted by atomic mass is 10.0. The van der Waals surface area contributed by atoms with Crippen LogP contribution in [0.25, 0.3) is 0 Å². The first kappa shape index (κ1) is 10.6. The van der Waals surface area contributed by atoms with Crippen molar-refractivity contribution in [3.8, 4) is 0 Å². The molecule has 0 aromatic carbocycles. The lowest BCUT2D eigenvalue weighted by molar-refractivity contribution is 0.0941. The first-order valence-electron chi connectivity index (χ1n) is 5.46. The summed E-state index contributed by atoms with van der Waals surface area (Å²) in [6.45, 7) is 7.21. The van der Waals surface area contributed by atoms with Crippen molar-refractivity contribution in [2.24, 2.45) is 11.1 Å². The third-order valence-corrected chi connectivity index (χ3v) is 3.17. The molecule has 4 nitrogen and oxygen atoms in total. The first-order chi connectivity index (χ1) is 7.33. The normalized spacial score (nSPS) is 35.1. The number of hydrogen-bond acceptors (Lipinski definition) is 4. The fourth-order valence-corrected chi connectivity index (χ4v) is 2.48. The second-order valence-electron chi connectivity index (χ2n) is 4.37. The van der Waals surface area contributed by atoms with E-state index in [9.17, 15) is 0 Å². The van der Waals surface area contributed by atoms with Crippen molar-refractivity contribution in [1.82, 2.24) is 4.90 Å². The quantitative estimate of drug-likeness (QED) is 0.422. The van der Waals surface area contributed by atoms with Gasteiger partial charge in [0.05, 0.1) is 18.9 Å². The lowest BCUT2D eigenvalue weighted by Crippen LogP contribution is -2.38. The molecular formula is C11H18N2O2. The summed E-state index contributed by atoms with van der Waals surface area (Å²) in [5, 5.41) is 12.3. The van der Waals surface area contributed by atoms with Crippen molar-refractivity contribution in [2.45, 2.75) is 18.9 Å². The van der Waals surface area contributed by atoms with Gasteiger partial charge in [0, 0.05) is 31.5 Å². The van der Waals surface area contributed by atoms with Crippen LogP contribution < -0.4 is 0 Å². The number of nitrogens with zero attached hydrogens (tertiary/aromatic N) is 2. The molecule has 0 spiro atoms. The molecule has 1 N–H and O–H groups in total. The zero-order chi connectivity index (χ0) is 10.7. The molecule has 2 saturated heterocycles. The van der Waals surface area contributed by atoms with Crippen LogP contribution in [0.5, 0.6) is 0 Å². The van der Waals surface area contributed by atoms with Gasteiger partial charge in [-0.15, -0.1) is 6.58 Å². The minimum atomic E-state index is 0.349. The molecule has 0 radical (unpaired) electrons. The van der Waals surface area contributed by atoms with Gasteiger partial charge in [0.1, 0.15) is 0 Å². The van der Waals surface area contributed by atoms with Crippen molar-refractivity contribution < 1.29 is 9.94 Å². The molecule has 2 atom stereocenters. The molecule has 2 bridgehead atoms. The van der Waals surface area contributed by atoms with Gasteiger partial charge in [-0.1, -0.05) is 11.2 Å². The van der Waals surface area contributed by atoms with Crippen molar-refractivity contribution >= 4 is 5.71 Å². The summed E-state index contributed by atoms with van der Waals surface area (Å²) in [6.07, 6.45) is 3.61. The second kappa shape index (κ2) is 4.77. The molecule has 0 amide bonds. The van der Waals surface area contributed by atoms with Gasteiger partial charge >= 0.3 is 0 Å². The monoisotopic (exact) mass is 210 g/mol. The summed E-state index contributed by atoms with van der Waals surface area (Å²) in [7, 11) is 0. The highest BCUT2D eigenvalue weighted by Gasteiger charge is 2.31. The Kier molecular flexibility index (Phi) is 3.38. The fraction of sp³-hybridized carbons (Fsp3) is 0.727. The zero-order valence-corrected chi connectivity index (χ0v) is 8.93. The topological polar surface area (TPSA) is 45.1 Å². The molecule has 2 heterocycles. The minimum absolute atomic E-state index is 0.349. The Bertz CT molecular complexity index is 265. The molecular weight excluding hydrogens is 192 g/mol. The standard InChI is InChI=1S/C11H18N2O2/c1-2-3-13-6-9-4-10(12-14)5-11(13)8-15-7-9/h2,9,11,14H,1,3-8H2. The highest BCUT2D eigenvalue weighted by molar-refractivity contribution is 5.85. The van der Waals surface area contributed by atoms with Crippen molar-refractivity contribution in [1.29, 1.82) is 0 Å². The Labute approximate surface area is 90.2 Å². The van der Waals surface area contributed by atoms with Gasteiger partial charge in [-0.05, 0) is 6.42 Å². The predicted molar refractivity (Wildman–Crippen MR) is 58.3 cm³/mol. The SMILES string of the molecule is C=CCN1CC2COCC1CC(=NO)C2. The predicted octanol–water partition coefficient (Wildman–Crippen LogP) is 1.11. The molecule has 0 aromatic rings. The van der Waals surface area contributed by atoms with E-state index in [1.54, 1.807) is 0 Å². The maximum atomic E-state index is 8.90. The van der Waals surface area contributed by atoms with Crippen LogP contribution >= 0.6 is 0 Å². The number of oxime groups is 1. The first-order valence-corrected chi connectivity index (χ1v) is 5.46. The van der Waals surface area contributed by atoms with Crippen LogP contribution in [0.2, 0.25) is 0 Å². The molecule has 2 rings (SSSR count). The highest BCUT2D eigenvalue weighted by atomic mass is 16.5. The summed E-state index contributed by atoms with van der Waals surface area (Å²) in [6, 6.07) is 0.349. The Morgan fingerprint density at radius 3 is 3.13 bits per heavy atom. The van der Waals surface area contributed by atoms with Crippen LogP contribution in [0, 0.1) is 5.92 Å². The molecule has 0 aromatic heterocycles. The van der Waals surface area contributed by atoms with Gasteiger partial charge in [-0.3, -0.25) is 4.90 Å². The van der Waals surface area contributed by atoms with E-state index >= 15 is 0 Å². The summed E-state index contributed by atoms with van der Waals surface area (Å²) in [5.41, 5.74) is 0.917. The molecule has 2 aliphatic rings. The highest BCUT2D eigenvalue weighted by Crippen LogP contribution is 2.23.